The van der Waals surface area contributed by atoms with Gasteiger partial charge in [-0.15, -0.1) is 0 Å². The molecule has 0 unspecified atom stereocenters. The van der Waals surface area contributed by atoms with E-state index in [0.29, 0.717) is 64.5 Å². The first-order valence-corrected chi connectivity index (χ1v) is 13.4. The van der Waals surface area contributed by atoms with Gasteiger partial charge in [0.15, 0.2) is 5.82 Å². The summed E-state index contributed by atoms with van der Waals surface area (Å²) < 4.78 is 52.5. The van der Waals surface area contributed by atoms with Gasteiger partial charge in [0.05, 0.1) is 35.0 Å². The average molecular weight is 544 g/mol. The highest BCUT2D eigenvalue weighted by atomic mass is 32.2. The van der Waals surface area contributed by atoms with Crippen molar-refractivity contribution in [3.63, 3.8) is 0 Å². The lowest BCUT2D eigenvalue weighted by atomic mass is 9.89. The highest BCUT2D eigenvalue weighted by Gasteiger charge is 2.37. The normalized spacial score (nSPS) is 19.4. The third-order valence-electron chi connectivity index (χ3n) is 6.40. The SMILES string of the molecule is O=S(=O)(C1CC1)n1cc(-c2nccc(Nc3cc(NC4CC(O)C4)c(-c4ccn(C(F)F)n4)cn3)n2)cn1. The molecule has 198 valence electrons. The second-order valence-electron chi connectivity index (χ2n) is 9.28. The van der Waals surface area contributed by atoms with Crippen molar-refractivity contribution >= 4 is 27.3 Å². The number of hydrogen-bond acceptors (Lipinski definition) is 10. The van der Waals surface area contributed by atoms with Crippen LogP contribution < -0.4 is 10.6 Å². The van der Waals surface area contributed by atoms with E-state index < -0.39 is 21.8 Å². The van der Waals surface area contributed by atoms with Crippen LogP contribution in [0.1, 0.15) is 32.2 Å². The van der Waals surface area contributed by atoms with E-state index in [9.17, 15) is 22.3 Å². The molecule has 3 N–H and O–H groups in total. The van der Waals surface area contributed by atoms with Crippen molar-refractivity contribution < 1.29 is 22.3 Å². The van der Waals surface area contributed by atoms with Crippen molar-refractivity contribution in [1.29, 1.82) is 0 Å². The van der Waals surface area contributed by atoms with Gasteiger partial charge >= 0.3 is 6.55 Å². The van der Waals surface area contributed by atoms with Crippen molar-refractivity contribution in [1.82, 2.24) is 33.9 Å². The second-order valence-corrected chi connectivity index (χ2v) is 11.3. The summed E-state index contributed by atoms with van der Waals surface area (Å²) in [5.74, 6) is 1.10. The van der Waals surface area contributed by atoms with Gasteiger partial charge in [-0.25, -0.2) is 28.1 Å². The van der Waals surface area contributed by atoms with Crippen LogP contribution in [0.2, 0.25) is 0 Å². The van der Waals surface area contributed by atoms with E-state index in [1.807, 2.05) is 0 Å². The summed E-state index contributed by atoms with van der Waals surface area (Å²) in [6, 6.07) is 4.84. The van der Waals surface area contributed by atoms with Crippen LogP contribution in [0, 0.1) is 0 Å². The standard InChI is InChI=1S/C23H23F2N9O3S/c24-23(25)33-6-4-18(32-33)17-11-27-21(9-19(17)29-14-7-15(35)8-14)30-20-3-5-26-22(31-20)13-10-28-34(12-13)38(36,37)16-1-2-16/h3-6,9-12,14-16,23,35H,1-2,7-8H2,(H2,26,27,29,30,31). The van der Waals surface area contributed by atoms with Gasteiger partial charge < -0.3 is 15.7 Å². The fourth-order valence-corrected chi connectivity index (χ4v) is 5.62. The fourth-order valence-electron chi connectivity index (χ4n) is 4.14. The summed E-state index contributed by atoms with van der Waals surface area (Å²) in [6.07, 6.45) is 9.06. The summed E-state index contributed by atoms with van der Waals surface area (Å²) in [6.45, 7) is -2.76. The molecule has 0 aromatic carbocycles. The number of aromatic nitrogens is 7. The maximum atomic E-state index is 13.1. The van der Waals surface area contributed by atoms with Crippen LogP contribution in [0.3, 0.4) is 0 Å². The van der Waals surface area contributed by atoms with Crippen molar-refractivity contribution in [3.8, 4) is 22.6 Å². The van der Waals surface area contributed by atoms with E-state index in [1.54, 1.807) is 12.1 Å². The molecule has 0 aliphatic heterocycles. The minimum atomic E-state index is -3.50. The van der Waals surface area contributed by atoms with Crippen molar-refractivity contribution in [2.45, 2.75) is 49.6 Å². The maximum Gasteiger partial charge on any atom is 0.333 e. The molecular formula is C23H23F2N9O3S. The topological polar surface area (TPSA) is 153 Å². The molecule has 4 aromatic rings. The minimum Gasteiger partial charge on any atom is -0.393 e. The Morgan fingerprint density at radius 2 is 1.92 bits per heavy atom. The van der Waals surface area contributed by atoms with Gasteiger partial charge in [0.2, 0.25) is 0 Å². The zero-order valence-electron chi connectivity index (χ0n) is 19.8. The lowest BCUT2D eigenvalue weighted by Gasteiger charge is -2.33. The number of anilines is 3. The van der Waals surface area contributed by atoms with E-state index in [2.05, 4.69) is 35.8 Å². The number of rotatable bonds is 9. The van der Waals surface area contributed by atoms with Crippen LogP contribution in [-0.2, 0) is 10.0 Å². The first-order chi connectivity index (χ1) is 18.3. The Morgan fingerprint density at radius 3 is 2.63 bits per heavy atom. The van der Waals surface area contributed by atoms with Gasteiger partial charge in [0, 0.05) is 41.9 Å². The number of alkyl halides is 2. The number of hydrogen-bond donors (Lipinski definition) is 3. The smallest absolute Gasteiger partial charge is 0.333 e. The summed E-state index contributed by atoms with van der Waals surface area (Å²) in [5.41, 5.74) is 1.92. The Hall–Kier alpha value is -3.98. The van der Waals surface area contributed by atoms with Gasteiger partial charge in [-0.1, -0.05) is 0 Å². The fraction of sp³-hybridized carbons (Fsp3) is 0.348. The quantitative estimate of drug-likeness (QED) is 0.287. The number of nitrogens with zero attached hydrogens (tertiary/aromatic N) is 7. The molecule has 6 rings (SSSR count). The number of aliphatic hydroxyl groups is 1. The van der Waals surface area contributed by atoms with Gasteiger partial charge in [0.1, 0.15) is 11.6 Å². The molecule has 0 amide bonds. The summed E-state index contributed by atoms with van der Waals surface area (Å²) in [7, 11) is -3.50. The first kappa shape index (κ1) is 24.4. The molecule has 2 saturated carbocycles. The molecular weight excluding hydrogens is 520 g/mol. The van der Waals surface area contributed by atoms with Gasteiger partial charge in [-0.3, -0.25) is 0 Å². The molecule has 15 heteroatoms. The lowest BCUT2D eigenvalue weighted by molar-refractivity contribution is 0.0568. The highest BCUT2D eigenvalue weighted by molar-refractivity contribution is 7.90. The number of nitrogens with one attached hydrogen (secondary N) is 2. The zero-order chi connectivity index (χ0) is 26.4. The highest BCUT2D eigenvalue weighted by Crippen LogP contribution is 2.34. The van der Waals surface area contributed by atoms with E-state index in [4.69, 9.17) is 0 Å². The average Bonchev–Trinajstić information content (AvgIpc) is 3.41. The molecule has 4 heterocycles. The lowest BCUT2D eigenvalue weighted by Crippen LogP contribution is -2.39. The molecule has 12 nitrogen and oxygen atoms in total. The van der Waals surface area contributed by atoms with E-state index in [-0.39, 0.29) is 18.0 Å². The summed E-state index contributed by atoms with van der Waals surface area (Å²) >= 11 is 0. The predicted octanol–water partition coefficient (Wildman–Crippen LogP) is 3.01. The Balaban J connectivity index is 1.26. The van der Waals surface area contributed by atoms with Gasteiger partial charge in [-0.05, 0) is 37.8 Å². The maximum absolute atomic E-state index is 13.1. The third kappa shape index (κ3) is 4.81. The Labute approximate surface area is 215 Å². The van der Waals surface area contributed by atoms with E-state index in [0.717, 1.165) is 4.09 Å². The number of aliphatic hydroxyl groups excluding tert-OH is 1. The van der Waals surface area contributed by atoms with Crippen LogP contribution in [0.4, 0.5) is 26.1 Å². The Kier molecular flexibility index (Phi) is 6.03. The van der Waals surface area contributed by atoms with Crippen LogP contribution in [0.25, 0.3) is 22.6 Å². The molecule has 2 aliphatic rings. The molecule has 2 fully saturated rings. The Morgan fingerprint density at radius 1 is 1.11 bits per heavy atom. The molecule has 0 atom stereocenters. The molecule has 0 saturated heterocycles. The van der Waals surface area contributed by atoms with Crippen LogP contribution >= 0.6 is 0 Å². The van der Waals surface area contributed by atoms with Crippen LogP contribution in [-0.4, -0.2) is 64.8 Å². The Bertz CT molecular complexity index is 1580. The van der Waals surface area contributed by atoms with E-state index >= 15 is 0 Å². The van der Waals surface area contributed by atoms with Crippen molar-refractivity contribution in [2.24, 2.45) is 0 Å². The van der Waals surface area contributed by atoms with Crippen LogP contribution in [0.5, 0.6) is 0 Å². The van der Waals surface area contributed by atoms with Crippen LogP contribution in [0.15, 0.2) is 49.2 Å². The van der Waals surface area contributed by atoms with Crippen molar-refractivity contribution in [3.05, 3.63) is 49.2 Å². The largest absolute Gasteiger partial charge is 0.393 e. The predicted molar refractivity (Wildman–Crippen MR) is 133 cm³/mol. The molecule has 0 bridgehead atoms. The number of pyridine rings is 1. The van der Waals surface area contributed by atoms with E-state index in [1.165, 1.54) is 37.1 Å². The first-order valence-electron chi connectivity index (χ1n) is 11.9. The summed E-state index contributed by atoms with van der Waals surface area (Å²) in [4.78, 5) is 13.1. The molecule has 2 aliphatic carbocycles. The molecule has 0 spiro atoms. The molecule has 38 heavy (non-hydrogen) atoms. The van der Waals surface area contributed by atoms with Gasteiger partial charge in [0.25, 0.3) is 10.0 Å². The van der Waals surface area contributed by atoms with Crippen molar-refractivity contribution in [2.75, 3.05) is 10.6 Å². The van der Waals surface area contributed by atoms with Gasteiger partial charge in [-0.2, -0.15) is 23.1 Å². The minimum absolute atomic E-state index is 0.0188. The third-order valence-corrected chi connectivity index (χ3v) is 8.43. The molecule has 0 radical (unpaired) electrons. The number of halogens is 2. The monoisotopic (exact) mass is 543 g/mol. The zero-order valence-corrected chi connectivity index (χ0v) is 20.6. The molecule has 4 aromatic heterocycles. The summed E-state index contributed by atoms with van der Waals surface area (Å²) in [5, 5.41) is 23.6. The second kappa shape index (κ2) is 9.40.